The molecule has 0 saturated heterocycles. The minimum Gasteiger partial charge on any atom is -0.302 e. The molecule has 1 amide bonds. The Balaban J connectivity index is 2.11. The molecule has 0 aliphatic carbocycles. The minimum atomic E-state index is -4.99. The molecule has 1 aromatic heterocycles. The largest absolute Gasteiger partial charge is 0.471 e. The van der Waals surface area contributed by atoms with Gasteiger partial charge in [0.1, 0.15) is 5.82 Å². The molecule has 1 N–H and O–H groups in total. The molecular formula is C17H12F3N3O. The molecule has 3 rings (SSSR count). The number of carbonyl (C=O) groups excluding carboxylic acids is 1. The highest BCUT2D eigenvalue weighted by atomic mass is 19.4. The van der Waals surface area contributed by atoms with Gasteiger partial charge < -0.3 is 5.32 Å². The third-order valence-electron chi connectivity index (χ3n) is 3.34. The first-order valence-electron chi connectivity index (χ1n) is 7.04. The number of nitrogens with zero attached hydrogens (tertiary/aromatic N) is 2. The number of hydrogen-bond donors (Lipinski definition) is 1. The van der Waals surface area contributed by atoms with E-state index in [1.54, 1.807) is 60.7 Å². The van der Waals surface area contributed by atoms with Gasteiger partial charge in [0.15, 0.2) is 0 Å². The van der Waals surface area contributed by atoms with E-state index >= 15 is 0 Å². The number of halogens is 3. The standard InChI is InChI=1S/C17H12F3N3O/c18-17(19,20)16(24)22-15-14(12-7-3-1-4-8-12)11-21-23(15)13-9-5-2-6-10-13/h1-11H,(H,22,24). The third kappa shape index (κ3) is 3.15. The van der Waals surface area contributed by atoms with Crippen LogP contribution in [-0.2, 0) is 4.79 Å². The van der Waals surface area contributed by atoms with Crippen molar-refractivity contribution in [1.29, 1.82) is 0 Å². The number of alkyl halides is 3. The first kappa shape index (κ1) is 15.8. The molecule has 4 nitrogen and oxygen atoms in total. The van der Waals surface area contributed by atoms with Gasteiger partial charge in [-0.15, -0.1) is 0 Å². The fourth-order valence-corrected chi connectivity index (χ4v) is 2.24. The number of anilines is 1. The third-order valence-corrected chi connectivity index (χ3v) is 3.34. The molecule has 0 aliphatic rings. The van der Waals surface area contributed by atoms with Gasteiger partial charge in [0, 0.05) is 5.56 Å². The van der Waals surface area contributed by atoms with E-state index in [0.29, 0.717) is 16.8 Å². The summed E-state index contributed by atoms with van der Waals surface area (Å²) < 4.78 is 39.3. The number of nitrogens with one attached hydrogen (secondary N) is 1. The van der Waals surface area contributed by atoms with E-state index in [4.69, 9.17) is 0 Å². The van der Waals surface area contributed by atoms with E-state index in [1.165, 1.54) is 10.9 Å². The van der Waals surface area contributed by atoms with Crippen molar-refractivity contribution in [3.63, 3.8) is 0 Å². The lowest BCUT2D eigenvalue weighted by Crippen LogP contribution is -2.31. The second-order valence-corrected chi connectivity index (χ2v) is 4.97. The van der Waals surface area contributed by atoms with Crippen molar-refractivity contribution in [2.45, 2.75) is 6.18 Å². The number of aromatic nitrogens is 2. The molecule has 0 aliphatic heterocycles. The van der Waals surface area contributed by atoms with Crippen LogP contribution in [0.25, 0.3) is 16.8 Å². The van der Waals surface area contributed by atoms with Crippen LogP contribution in [0, 0.1) is 0 Å². The summed E-state index contributed by atoms with van der Waals surface area (Å²) in [7, 11) is 0. The summed E-state index contributed by atoms with van der Waals surface area (Å²) in [5.74, 6) is -2.08. The number of rotatable bonds is 3. The van der Waals surface area contributed by atoms with Crippen molar-refractivity contribution >= 4 is 11.7 Å². The molecule has 0 unspecified atom stereocenters. The van der Waals surface area contributed by atoms with Crippen LogP contribution in [-0.4, -0.2) is 21.9 Å². The van der Waals surface area contributed by atoms with Crippen molar-refractivity contribution in [2.75, 3.05) is 5.32 Å². The zero-order valence-corrected chi connectivity index (χ0v) is 12.3. The second kappa shape index (κ2) is 6.19. The van der Waals surface area contributed by atoms with Crippen molar-refractivity contribution in [3.05, 3.63) is 66.9 Å². The summed E-state index contributed by atoms with van der Waals surface area (Å²) in [4.78, 5) is 11.4. The van der Waals surface area contributed by atoms with Crippen LogP contribution in [0.2, 0.25) is 0 Å². The summed E-state index contributed by atoms with van der Waals surface area (Å²) in [5, 5.41) is 6.07. The van der Waals surface area contributed by atoms with Crippen molar-refractivity contribution < 1.29 is 18.0 Å². The topological polar surface area (TPSA) is 46.9 Å². The van der Waals surface area contributed by atoms with Gasteiger partial charge in [-0.25, -0.2) is 4.68 Å². The number of carbonyl (C=O) groups is 1. The Morgan fingerprint density at radius 3 is 2.12 bits per heavy atom. The van der Waals surface area contributed by atoms with E-state index in [9.17, 15) is 18.0 Å². The van der Waals surface area contributed by atoms with E-state index in [-0.39, 0.29) is 5.82 Å². The average Bonchev–Trinajstić information content (AvgIpc) is 2.99. The molecule has 0 spiro atoms. The average molecular weight is 331 g/mol. The van der Waals surface area contributed by atoms with Gasteiger partial charge in [-0.05, 0) is 17.7 Å². The van der Waals surface area contributed by atoms with Crippen molar-refractivity contribution in [2.24, 2.45) is 0 Å². The lowest BCUT2D eigenvalue weighted by Gasteiger charge is -2.12. The molecule has 2 aromatic carbocycles. The highest BCUT2D eigenvalue weighted by molar-refractivity contribution is 5.97. The Morgan fingerprint density at radius 2 is 1.54 bits per heavy atom. The SMILES string of the molecule is O=C(Nc1c(-c2ccccc2)cnn1-c1ccccc1)C(F)(F)F. The van der Waals surface area contributed by atoms with Gasteiger partial charge in [-0.2, -0.15) is 18.3 Å². The molecule has 0 bridgehead atoms. The van der Waals surface area contributed by atoms with Crippen molar-refractivity contribution in [1.82, 2.24) is 9.78 Å². The van der Waals surface area contributed by atoms with Crippen LogP contribution in [0.5, 0.6) is 0 Å². The number of benzene rings is 2. The first-order valence-corrected chi connectivity index (χ1v) is 7.04. The number of para-hydroxylation sites is 1. The van der Waals surface area contributed by atoms with Crippen LogP contribution >= 0.6 is 0 Å². The minimum absolute atomic E-state index is 0.0327. The highest BCUT2D eigenvalue weighted by Crippen LogP contribution is 2.31. The Labute approximate surface area is 135 Å². The summed E-state index contributed by atoms with van der Waals surface area (Å²) in [6.45, 7) is 0. The molecule has 122 valence electrons. The fourth-order valence-electron chi connectivity index (χ4n) is 2.24. The van der Waals surface area contributed by atoms with Gasteiger partial charge in [-0.1, -0.05) is 48.5 Å². The number of hydrogen-bond acceptors (Lipinski definition) is 2. The zero-order valence-electron chi connectivity index (χ0n) is 12.3. The molecule has 0 atom stereocenters. The fraction of sp³-hybridized carbons (Fsp3) is 0.0588. The summed E-state index contributed by atoms with van der Waals surface area (Å²) >= 11 is 0. The molecular weight excluding hydrogens is 319 g/mol. The van der Waals surface area contributed by atoms with Gasteiger partial charge in [0.2, 0.25) is 0 Å². The second-order valence-electron chi connectivity index (χ2n) is 4.97. The Hall–Kier alpha value is -3.09. The Morgan fingerprint density at radius 1 is 0.958 bits per heavy atom. The highest BCUT2D eigenvalue weighted by Gasteiger charge is 2.39. The zero-order chi connectivity index (χ0) is 17.2. The first-order chi connectivity index (χ1) is 11.5. The molecule has 3 aromatic rings. The molecule has 0 fully saturated rings. The van der Waals surface area contributed by atoms with Gasteiger partial charge in [-0.3, -0.25) is 4.79 Å². The van der Waals surface area contributed by atoms with E-state index < -0.39 is 12.1 Å². The van der Waals surface area contributed by atoms with Crippen LogP contribution in [0.3, 0.4) is 0 Å². The van der Waals surface area contributed by atoms with Gasteiger partial charge in [0.25, 0.3) is 0 Å². The summed E-state index contributed by atoms with van der Waals surface area (Å²) in [6, 6.07) is 17.4. The van der Waals surface area contributed by atoms with Gasteiger partial charge >= 0.3 is 12.1 Å². The van der Waals surface area contributed by atoms with E-state index in [1.807, 2.05) is 5.32 Å². The normalized spacial score (nSPS) is 11.3. The monoisotopic (exact) mass is 331 g/mol. The molecule has 7 heteroatoms. The lowest BCUT2D eigenvalue weighted by atomic mass is 10.1. The predicted molar refractivity (Wildman–Crippen MR) is 83.7 cm³/mol. The van der Waals surface area contributed by atoms with Crippen LogP contribution in [0.1, 0.15) is 0 Å². The Kier molecular flexibility index (Phi) is 4.07. The maximum atomic E-state index is 12.7. The van der Waals surface area contributed by atoms with E-state index in [0.717, 1.165) is 0 Å². The maximum absolute atomic E-state index is 12.7. The summed E-state index contributed by atoms with van der Waals surface area (Å²) in [6.07, 6.45) is -3.56. The predicted octanol–water partition coefficient (Wildman–Crippen LogP) is 4.04. The Bertz CT molecular complexity index is 786. The lowest BCUT2D eigenvalue weighted by molar-refractivity contribution is -0.167. The molecule has 1 heterocycles. The smallest absolute Gasteiger partial charge is 0.302 e. The van der Waals surface area contributed by atoms with Crippen LogP contribution in [0.4, 0.5) is 19.0 Å². The quantitative estimate of drug-likeness (QED) is 0.787. The number of amides is 1. The molecule has 24 heavy (non-hydrogen) atoms. The van der Waals surface area contributed by atoms with Crippen LogP contribution in [0.15, 0.2) is 66.9 Å². The molecule has 0 radical (unpaired) electrons. The van der Waals surface area contributed by atoms with Crippen LogP contribution < -0.4 is 5.32 Å². The maximum Gasteiger partial charge on any atom is 0.471 e. The summed E-state index contributed by atoms with van der Waals surface area (Å²) in [5.41, 5.74) is 1.59. The van der Waals surface area contributed by atoms with Gasteiger partial charge in [0.05, 0.1) is 11.9 Å². The van der Waals surface area contributed by atoms with Crippen molar-refractivity contribution in [3.8, 4) is 16.8 Å². The molecule has 0 saturated carbocycles. The van der Waals surface area contributed by atoms with E-state index in [2.05, 4.69) is 5.10 Å².